The molecule has 0 unspecified atom stereocenters. The van der Waals surface area contributed by atoms with Gasteiger partial charge in [0.25, 0.3) is 0 Å². The quantitative estimate of drug-likeness (QED) is 0.880. The van der Waals surface area contributed by atoms with E-state index in [4.69, 9.17) is 0 Å². The molecule has 0 amide bonds. The van der Waals surface area contributed by atoms with Gasteiger partial charge < -0.3 is 5.32 Å². The van der Waals surface area contributed by atoms with Crippen LogP contribution in [-0.4, -0.2) is 39.5 Å². The smallest absolute Gasteiger partial charge is 0.222 e. The van der Waals surface area contributed by atoms with E-state index in [-0.39, 0.29) is 0 Å². The van der Waals surface area contributed by atoms with Gasteiger partial charge in [-0.2, -0.15) is 11.8 Å². The SMILES string of the molecule is CN(Cc1cnc(NCc2ccccc2)nc1)C1CCSCC1. The minimum Gasteiger partial charge on any atom is -0.350 e. The molecule has 1 aromatic heterocycles. The second-order valence-electron chi connectivity index (χ2n) is 6.01. The van der Waals surface area contributed by atoms with Crippen LogP contribution < -0.4 is 5.32 Å². The van der Waals surface area contributed by atoms with Gasteiger partial charge in [0, 0.05) is 37.1 Å². The van der Waals surface area contributed by atoms with Crippen molar-refractivity contribution >= 4 is 17.7 Å². The molecule has 0 aliphatic carbocycles. The average molecular weight is 328 g/mol. The normalized spacial score (nSPS) is 15.7. The van der Waals surface area contributed by atoms with E-state index in [9.17, 15) is 0 Å². The van der Waals surface area contributed by atoms with Crippen molar-refractivity contribution in [3.63, 3.8) is 0 Å². The van der Waals surface area contributed by atoms with E-state index in [1.807, 2.05) is 30.6 Å². The Balaban J connectivity index is 1.50. The molecule has 1 saturated heterocycles. The molecule has 5 heteroatoms. The molecule has 0 bridgehead atoms. The first kappa shape index (κ1) is 16.3. The van der Waals surface area contributed by atoms with Crippen molar-refractivity contribution in [1.29, 1.82) is 0 Å². The molecule has 1 aliphatic rings. The Morgan fingerprint density at radius 1 is 1.09 bits per heavy atom. The molecule has 1 fully saturated rings. The third-order valence-electron chi connectivity index (χ3n) is 4.24. The third-order valence-corrected chi connectivity index (χ3v) is 5.29. The third kappa shape index (κ3) is 4.94. The summed E-state index contributed by atoms with van der Waals surface area (Å²) in [5, 5.41) is 3.27. The van der Waals surface area contributed by atoms with E-state index in [1.165, 1.54) is 35.5 Å². The van der Waals surface area contributed by atoms with Gasteiger partial charge in [-0.15, -0.1) is 0 Å². The standard InChI is InChI=1S/C18H24N4S/c1-22(17-7-9-23-10-8-17)14-16-12-20-18(21-13-16)19-11-15-5-3-2-4-6-15/h2-6,12-13,17H,7-11,14H2,1H3,(H,19,20,21). The zero-order valence-corrected chi connectivity index (χ0v) is 14.4. The zero-order chi connectivity index (χ0) is 15.9. The van der Waals surface area contributed by atoms with E-state index in [1.54, 1.807) is 0 Å². The number of aromatic nitrogens is 2. The highest BCUT2D eigenvalue weighted by molar-refractivity contribution is 7.99. The lowest BCUT2D eigenvalue weighted by atomic mass is 10.1. The van der Waals surface area contributed by atoms with Gasteiger partial charge in [0.1, 0.15) is 0 Å². The molecule has 1 aliphatic heterocycles. The number of hydrogen-bond acceptors (Lipinski definition) is 5. The summed E-state index contributed by atoms with van der Waals surface area (Å²) in [6.45, 7) is 1.67. The van der Waals surface area contributed by atoms with Crippen molar-refractivity contribution in [3.8, 4) is 0 Å². The number of nitrogens with zero attached hydrogens (tertiary/aromatic N) is 3. The minimum absolute atomic E-state index is 0.689. The summed E-state index contributed by atoms with van der Waals surface area (Å²) in [5.41, 5.74) is 2.41. The summed E-state index contributed by atoms with van der Waals surface area (Å²) in [6.07, 6.45) is 6.46. The second-order valence-corrected chi connectivity index (χ2v) is 7.24. The van der Waals surface area contributed by atoms with Crippen LogP contribution in [-0.2, 0) is 13.1 Å². The average Bonchev–Trinajstić information content (AvgIpc) is 2.63. The Hall–Kier alpha value is -1.59. The summed E-state index contributed by atoms with van der Waals surface area (Å²) < 4.78 is 0. The summed E-state index contributed by atoms with van der Waals surface area (Å²) in [6, 6.07) is 11.0. The van der Waals surface area contributed by atoms with Crippen LogP contribution in [0.1, 0.15) is 24.0 Å². The molecule has 0 atom stereocenters. The highest BCUT2D eigenvalue weighted by atomic mass is 32.2. The Bertz CT molecular complexity index is 582. The van der Waals surface area contributed by atoms with Crippen LogP contribution in [0.2, 0.25) is 0 Å². The highest BCUT2D eigenvalue weighted by Crippen LogP contribution is 2.21. The Morgan fingerprint density at radius 3 is 2.48 bits per heavy atom. The van der Waals surface area contributed by atoms with Crippen LogP contribution in [0, 0.1) is 0 Å². The molecule has 1 N–H and O–H groups in total. The van der Waals surface area contributed by atoms with Crippen LogP contribution in [0.5, 0.6) is 0 Å². The topological polar surface area (TPSA) is 41.1 Å². The van der Waals surface area contributed by atoms with Gasteiger partial charge in [-0.05, 0) is 37.0 Å². The van der Waals surface area contributed by atoms with E-state index in [0.717, 1.165) is 13.1 Å². The van der Waals surface area contributed by atoms with Crippen molar-refractivity contribution in [2.75, 3.05) is 23.9 Å². The highest BCUT2D eigenvalue weighted by Gasteiger charge is 2.18. The van der Waals surface area contributed by atoms with E-state index in [2.05, 4.69) is 51.1 Å². The predicted molar refractivity (Wildman–Crippen MR) is 97.6 cm³/mol. The number of hydrogen-bond donors (Lipinski definition) is 1. The predicted octanol–water partition coefficient (Wildman–Crippen LogP) is 3.42. The van der Waals surface area contributed by atoms with Crippen molar-refractivity contribution in [3.05, 3.63) is 53.9 Å². The summed E-state index contributed by atoms with van der Waals surface area (Å²) in [7, 11) is 2.21. The molecular weight excluding hydrogens is 304 g/mol. The number of benzene rings is 1. The molecular formula is C18H24N4S. The van der Waals surface area contributed by atoms with Gasteiger partial charge >= 0.3 is 0 Å². The van der Waals surface area contributed by atoms with E-state index < -0.39 is 0 Å². The van der Waals surface area contributed by atoms with E-state index in [0.29, 0.717) is 12.0 Å². The number of nitrogens with one attached hydrogen (secondary N) is 1. The van der Waals surface area contributed by atoms with Crippen LogP contribution in [0.3, 0.4) is 0 Å². The van der Waals surface area contributed by atoms with Crippen molar-refractivity contribution in [2.45, 2.75) is 32.0 Å². The molecule has 0 radical (unpaired) electrons. The molecule has 23 heavy (non-hydrogen) atoms. The van der Waals surface area contributed by atoms with Crippen molar-refractivity contribution in [2.24, 2.45) is 0 Å². The van der Waals surface area contributed by atoms with Gasteiger partial charge in [-0.3, -0.25) is 4.90 Å². The van der Waals surface area contributed by atoms with Gasteiger partial charge in [0.15, 0.2) is 0 Å². The molecule has 0 spiro atoms. The minimum atomic E-state index is 0.689. The van der Waals surface area contributed by atoms with Crippen molar-refractivity contribution in [1.82, 2.24) is 14.9 Å². The zero-order valence-electron chi connectivity index (χ0n) is 13.6. The first-order valence-corrected chi connectivity index (χ1v) is 9.33. The molecule has 122 valence electrons. The first-order chi connectivity index (χ1) is 11.3. The lowest BCUT2D eigenvalue weighted by molar-refractivity contribution is 0.221. The number of thioether (sulfide) groups is 1. The lowest BCUT2D eigenvalue weighted by Crippen LogP contribution is -2.34. The maximum Gasteiger partial charge on any atom is 0.222 e. The molecule has 3 rings (SSSR count). The maximum absolute atomic E-state index is 4.44. The molecule has 0 saturated carbocycles. The van der Waals surface area contributed by atoms with Gasteiger partial charge in [-0.1, -0.05) is 30.3 Å². The fourth-order valence-electron chi connectivity index (χ4n) is 2.85. The Labute approximate surface area is 142 Å². The maximum atomic E-state index is 4.44. The summed E-state index contributed by atoms with van der Waals surface area (Å²) in [4.78, 5) is 11.3. The first-order valence-electron chi connectivity index (χ1n) is 8.18. The molecule has 2 heterocycles. The van der Waals surface area contributed by atoms with Crippen LogP contribution >= 0.6 is 11.8 Å². The molecule has 4 nitrogen and oxygen atoms in total. The number of rotatable bonds is 6. The summed E-state index contributed by atoms with van der Waals surface area (Å²) >= 11 is 2.07. The number of anilines is 1. The summed E-state index contributed by atoms with van der Waals surface area (Å²) in [5.74, 6) is 3.26. The van der Waals surface area contributed by atoms with Gasteiger partial charge in [0.2, 0.25) is 5.95 Å². The lowest BCUT2D eigenvalue weighted by Gasteiger charge is -2.30. The molecule has 2 aromatic rings. The fraction of sp³-hybridized carbons (Fsp3) is 0.444. The monoisotopic (exact) mass is 328 g/mol. The van der Waals surface area contributed by atoms with Crippen LogP contribution in [0.25, 0.3) is 0 Å². The van der Waals surface area contributed by atoms with Gasteiger partial charge in [-0.25, -0.2) is 9.97 Å². The van der Waals surface area contributed by atoms with Crippen molar-refractivity contribution < 1.29 is 0 Å². The fourth-order valence-corrected chi connectivity index (χ4v) is 3.93. The van der Waals surface area contributed by atoms with E-state index >= 15 is 0 Å². The van der Waals surface area contributed by atoms with Crippen LogP contribution in [0.15, 0.2) is 42.7 Å². The Kier molecular flexibility index (Phi) is 5.88. The second kappa shape index (κ2) is 8.31. The molecule has 1 aromatic carbocycles. The van der Waals surface area contributed by atoms with Gasteiger partial charge in [0.05, 0.1) is 0 Å². The Morgan fingerprint density at radius 2 is 1.78 bits per heavy atom. The van der Waals surface area contributed by atoms with Crippen LogP contribution in [0.4, 0.5) is 5.95 Å². The largest absolute Gasteiger partial charge is 0.350 e.